The molecule has 1 aromatic rings. The average molecular weight is 306 g/mol. The van der Waals surface area contributed by atoms with E-state index >= 15 is 0 Å². The highest BCUT2D eigenvalue weighted by molar-refractivity contribution is 5.21. The lowest BCUT2D eigenvalue weighted by molar-refractivity contribution is -0.0153. The normalized spacial score (nSPS) is 25.4. The molecular formula is C18H30N2O2. The third kappa shape index (κ3) is 5.59. The largest absolute Gasteiger partial charge is 0.488 e. The first-order valence-electron chi connectivity index (χ1n) is 8.44. The summed E-state index contributed by atoms with van der Waals surface area (Å²) in [6, 6.07) is 9.95. The maximum atomic E-state index is 10.5. The highest BCUT2D eigenvalue weighted by Crippen LogP contribution is 2.24. The van der Waals surface area contributed by atoms with Crippen molar-refractivity contribution in [2.45, 2.75) is 50.4 Å². The molecule has 0 unspecified atom stereocenters. The molecule has 0 bridgehead atoms. The molecule has 4 nitrogen and oxygen atoms in total. The van der Waals surface area contributed by atoms with Crippen molar-refractivity contribution in [3.8, 4) is 5.75 Å². The molecule has 2 N–H and O–H groups in total. The van der Waals surface area contributed by atoms with Crippen LogP contribution >= 0.6 is 0 Å². The molecule has 1 fully saturated rings. The van der Waals surface area contributed by atoms with Crippen LogP contribution in [-0.4, -0.2) is 55.4 Å². The van der Waals surface area contributed by atoms with E-state index < -0.39 is 6.10 Å². The minimum absolute atomic E-state index is 0.101. The van der Waals surface area contributed by atoms with Gasteiger partial charge in [0.25, 0.3) is 0 Å². The molecule has 1 saturated carbocycles. The van der Waals surface area contributed by atoms with Crippen molar-refractivity contribution in [2.75, 3.05) is 27.2 Å². The van der Waals surface area contributed by atoms with Crippen molar-refractivity contribution in [1.82, 2.24) is 10.2 Å². The predicted octanol–water partition coefficient (Wildman–Crippen LogP) is 2.28. The van der Waals surface area contributed by atoms with Crippen molar-refractivity contribution >= 4 is 0 Å². The van der Waals surface area contributed by atoms with Crippen LogP contribution in [0.5, 0.6) is 5.75 Å². The van der Waals surface area contributed by atoms with E-state index in [9.17, 15) is 5.11 Å². The van der Waals surface area contributed by atoms with Gasteiger partial charge in [-0.25, -0.2) is 0 Å². The standard InChI is InChI=1S/C18H30N2O2/c1-20(2)14-7-6-13-19-16-11-8-12-17(18(16)21)22-15-9-4-3-5-10-15/h3-5,9-10,16-19,21H,6-8,11-14H2,1-2H3/t16-,17+,18+/m0/s1. The molecule has 2 rings (SSSR count). The summed E-state index contributed by atoms with van der Waals surface area (Å²) in [5.41, 5.74) is 0. The first-order chi connectivity index (χ1) is 10.7. The smallest absolute Gasteiger partial charge is 0.126 e. The molecule has 124 valence electrons. The second kappa shape index (κ2) is 9.13. The van der Waals surface area contributed by atoms with Crippen LogP contribution < -0.4 is 10.1 Å². The summed E-state index contributed by atoms with van der Waals surface area (Å²) in [7, 11) is 4.20. The van der Waals surface area contributed by atoms with Crippen LogP contribution in [0.15, 0.2) is 30.3 Å². The van der Waals surface area contributed by atoms with E-state index in [0.717, 1.165) is 44.5 Å². The molecule has 0 heterocycles. The average Bonchev–Trinajstić information content (AvgIpc) is 2.51. The fourth-order valence-corrected chi connectivity index (χ4v) is 3.01. The summed E-state index contributed by atoms with van der Waals surface area (Å²) in [6.45, 7) is 2.09. The Morgan fingerprint density at radius 2 is 1.95 bits per heavy atom. The molecule has 0 aliphatic heterocycles. The van der Waals surface area contributed by atoms with E-state index in [1.54, 1.807) is 0 Å². The lowest BCUT2D eigenvalue weighted by atomic mass is 9.89. The molecule has 1 aliphatic rings. The van der Waals surface area contributed by atoms with Crippen molar-refractivity contribution in [3.63, 3.8) is 0 Å². The Hall–Kier alpha value is -1.10. The number of para-hydroxylation sites is 1. The van der Waals surface area contributed by atoms with Crippen LogP contribution in [0.1, 0.15) is 32.1 Å². The number of unbranched alkanes of at least 4 members (excludes halogenated alkanes) is 1. The number of hydrogen-bond donors (Lipinski definition) is 2. The summed E-state index contributed by atoms with van der Waals surface area (Å²) in [6.07, 6.45) is 4.86. The quantitative estimate of drug-likeness (QED) is 0.723. The second-order valence-corrected chi connectivity index (χ2v) is 6.46. The minimum atomic E-state index is -0.428. The molecule has 0 radical (unpaired) electrons. The van der Waals surface area contributed by atoms with Crippen LogP contribution in [0, 0.1) is 0 Å². The molecule has 0 amide bonds. The lowest BCUT2D eigenvalue weighted by Gasteiger charge is -2.35. The lowest BCUT2D eigenvalue weighted by Crippen LogP contribution is -2.51. The molecular weight excluding hydrogens is 276 g/mol. The number of benzene rings is 1. The summed E-state index contributed by atoms with van der Waals surface area (Å²) in [4.78, 5) is 2.21. The number of nitrogens with zero attached hydrogens (tertiary/aromatic N) is 1. The fourth-order valence-electron chi connectivity index (χ4n) is 3.01. The molecule has 1 aliphatic carbocycles. The highest BCUT2D eigenvalue weighted by Gasteiger charge is 2.32. The Balaban J connectivity index is 1.73. The van der Waals surface area contributed by atoms with Gasteiger partial charge in [-0.15, -0.1) is 0 Å². The van der Waals surface area contributed by atoms with Gasteiger partial charge in [-0.05, 0) is 71.4 Å². The van der Waals surface area contributed by atoms with Crippen LogP contribution in [0.2, 0.25) is 0 Å². The number of rotatable bonds is 8. The number of ether oxygens (including phenoxy) is 1. The number of aliphatic hydroxyl groups excluding tert-OH is 1. The van der Waals surface area contributed by atoms with Gasteiger partial charge in [-0.2, -0.15) is 0 Å². The van der Waals surface area contributed by atoms with Crippen molar-refractivity contribution < 1.29 is 9.84 Å². The Labute approximate surface area is 134 Å². The summed E-state index contributed by atoms with van der Waals surface area (Å²) in [5.74, 6) is 0.846. The van der Waals surface area contributed by atoms with Gasteiger partial charge >= 0.3 is 0 Å². The Kier molecular flexibility index (Phi) is 7.16. The van der Waals surface area contributed by atoms with E-state index in [1.807, 2.05) is 30.3 Å². The van der Waals surface area contributed by atoms with E-state index in [0.29, 0.717) is 0 Å². The Morgan fingerprint density at radius 3 is 2.68 bits per heavy atom. The molecule has 0 saturated heterocycles. The molecule has 3 atom stereocenters. The summed E-state index contributed by atoms with van der Waals surface area (Å²) < 4.78 is 5.96. The molecule has 4 heteroatoms. The highest BCUT2D eigenvalue weighted by atomic mass is 16.5. The van der Waals surface area contributed by atoms with Gasteiger partial charge < -0.3 is 20.1 Å². The van der Waals surface area contributed by atoms with Crippen LogP contribution in [-0.2, 0) is 0 Å². The molecule has 0 aromatic heterocycles. The first kappa shape index (κ1) is 17.3. The van der Waals surface area contributed by atoms with Gasteiger partial charge in [0.2, 0.25) is 0 Å². The van der Waals surface area contributed by atoms with Gasteiger partial charge in [0, 0.05) is 6.04 Å². The Morgan fingerprint density at radius 1 is 1.18 bits per heavy atom. The van der Waals surface area contributed by atoms with Crippen molar-refractivity contribution in [3.05, 3.63) is 30.3 Å². The minimum Gasteiger partial charge on any atom is -0.488 e. The van der Waals surface area contributed by atoms with Crippen LogP contribution in [0.4, 0.5) is 0 Å². The zero-order valence-corrected chi connectivity index (χ0v) is 13.9. The number of aliphatic hydroxyl groups is 1. The van der Waals surface area contributed by atoms with Gasteiger partial charge in [-0.3, -0.25) is 0 Å². The van der Waals surface area contributed by atoms with Gasteiger partial charge in [0.1, 0.15) is 18.0 Å². The molecule has 22 heavy (non-hydrogen) atoms. The van der Waals surface area contributed by atoms with E-state index in [2.05, 4.69) is 24.3 Å². The first-order valence-corrected chi connectivity index (χ1v) is 8.44. The molecule has 1 aromatic carbocycles. The van der Waals surface area contributed by atoms with E-state index in [1.165, 1.54) is 6.42 Å². The van der Waals surface area contributed by atoms with E-state index in [4.69, 9.17) is 4.74 Å². The fraction of sp³-hybridized carbons (Fsp3) is 0.667. The third-order valence-electron chi connectivity index (χ3n) is 4.27. The third-order valence-corrected chi connectivity index (χ3v) is 4.27. The zero-order valence-electron chi connectivity index (χ0n) is 13.9. The second-order valence-electron chi connectivity index (χ2n) is 6.46. The van der Waals surface area contributed by atoms with Crippen LogP contribution in [0.25, 0.3) is 0 Å². The number of nitrogens with one attached hydrogen (secondary N) is 1. The van der Waals surface area contributed by atoms with Gasteiger partial charge in [0.05, 0.1) is 0 Å². The maximum absolute atomic E-state index is 10.5. The van der Waals surface area contributed by atoms with Crippen molar-refractivity contribution in [1.29, 1.82) is 0 Å². The van der Waals surface area contributed by atoms with E-state index in [-0.39, 0.29) is 12.1 Å². The van der Waals surface area contributed by atoms with Gasteiger partial charge in [-0.1, -0.05) is 18.2 Å². The van der Waals surface area contributed by atoms with Crippen molar-refractivity contribution in [2.24, 2.45) is 0 Å². The maximum Gasteiger partial charge on any atom is 0.126 e. The van der Waals surface area contributed by atoms with Crippen LogP contribution in [0.3, 0.4) is 0 Å². The topological polar surface area (TPSA) is 44.7 Å². The summed E-state index contributed by atoms with van der Waals surface area (Å²) in [5, 5.41) is 14.1. The zero-order chi connectivity index (χ0) is 15.8. The SMILES string of the molecule is CN(C)CCCCN[C@H]1CCC[C@@H](Oc2ccccc2)[C@@H]1O. The molecule has 0 spiro atoms. The monoisotopic (exact) mass is 306 g/mol. The summed E-state index contributed by atoms with van der Waals surface area (Å²) >= 11 is 0. The number of hydrogen-bond acceptors (Lipinski definition) is 4. The van der Waals surface area contributed by atoms with Gasteiger partial charge in [0.15, 0.2) is 0 Å². The predicted molar refractivity (Wildman–Crippen MR) is 90.3 cm³/mol. The Bertz CT molecular complexity index is 411.